The van der Waals surface area contributed by atoms with E-state index >= 15 is 0 Å². The maximum atomic E-state index is 4.54. The lowest BCUT2D eigenvalue weighted by atomic mass is 9.84. The monoisotopic (exact) mass is 267 g/mol. The summed E-state index contributed by atoms with van der Waals surface area (Å²) in [7, 11) is 4.32. The summed E-state index contributed by atoms with van der Waals surface area (Å²) in [4.78, 5) is 6.97. The highest BCUT2D eigenvalue weighted by molar-refractivity contribution is 7.09. The molecule has 2 rings (SSSR count). The van der Waals surface area contributed by atoms with Crippen molar-refractivity contribution in [1.82, 2.24) is 15.2 Å². The van der Waals surface area contributed by atoms with Gasteiger partial charge in [0.05, 0.1) is 10.7 Å². The van der Waals surface area contributed by atoms with E-state index in [1.807, 2.05) is 0 Å². The lowest BCUT2D eigenvalue weighted by molar-refractivity contribution is 0.189. The van der Waals surface area contributed by atoms with E-state index in [4.69, 9.17) is 0 Å². The van der Waals surface area contributed by atoms with Gasteiger partial charge in [0.1, 0.15) is 0 Å². The van der Waals surface area contributed by atoms with Crippen molar-refractivity contribution in [2.75, 3.05) is 20.6 Å². The molecule has 1 aromatic heterocycles. The minimum atomic E-state index is 0.707. The smallest absolute Gasteiger partial charge is 0.0897 e. The van der Waals surface area contributed by atoms with Gasteiger partial charge in [-0.15, -0.1) is 11.3 Å². The first-order valence-corrected chi connectivity index (χ1v) is 7.84. The first kappa shape index (κ1) is 14.0. The fraction of sp³-hybridized carbons (Fsp3) is 0.786. The van der Waals surface area contributed by atoms with Gasteiger partial charge in [-0.05, 0) is 39.8 Å². The van der Waals surface area contributed by atoms with E-state index in [9.17, 15) is 0 Å². The van der Waals surface area contributed by atoms with E-state index in [2.05, 4.69) is 41.6 Å². The van der Waals surface area contributed by atoms with Crippen LogP contribution in [0.25, 0.3) is 0 Å². The Kier molecular flexibility index (Phi) is 5.15. The zero-order chi connectivity index (χ0) is 13.0. The minimum Gasteiger partial charge on any atom is -0.317 e. The fourth-order valence-electron chi connectivity index (χ4n) is 3.03. The molecule has 102 valence electrons. The molecule has 18 heavy (non-hydrogen) atoms. The summed E-state index contributed by atoms with van der Waals surface area (Å²) in [6, 6.07) is 0.707. The predicted molar refractivity (Wildman–Crippen MR) is 78.0 cm³/mol. The van der Waals surface area contributed by atoms with Crippen LogP contribution in [-0.4, -0.2) is 36.6 Å². The first-order chi connectivity index (χ1) is 8.69. The van der Waals surface area contributed by atoms with Gasteiger partial charge < -0.3 is 10.2 Å². The summed E-state index contributed by atoms with van der Waals surface area (Å²) in [5.74, 6) is 0.800. The van der Waals surface area contributed by atoms with Gasteiger partial charge in [0.2, 0.25) is 0 Å². The number of aromatic nitrogens is 1. The quantitative estimate of drug-likeness (QED) is 0.889. The number of rotatable bonds is 5. The Morgan fingerprint density at radius 3 is 2.89 bits per heavy atom. The number of nitrogens with zero attached hydrogens (tertiary/aromatic N) is 2. The number of thiazole rings is 1. The third-order valence-electron chi connectivity index (χ3n) is 3.92. The van der Waals surface area contributed by atoms with Crippen LogP contribution < -0.4 is 5.32 Å². The molecule has 1 aliphatic rings. The second-order valence-corrected chi connectivity index (χ2v) is 6.56. The number of hydrogen-bond acceptors (Lipinski definition) is 4. The molecule has 1 aromatic rings. The van der Waals surface area contributed by atoms with Gasteiger partial charge in [-0.3, -0.25) is 0 Å². The van der Waals surface area contributed by atoms with Crippen LogP contribution >= 0.6 is 11.3 Å². The van der Waals surface area contributed by atoms with Gasteiger partial charge >= 0.3 is 0 Å². The molecule has 2 unspecified atom stereocenters. The molecule has 1 saturated carbocycles. The SMILES string of the molecule is CNC1CCCCC1CN(C)Cc1csc(C)n1. The van der Waals surface area contributed by atoms with E-state index in [1.54, 1.807) is 11.3 Å². The van der Waals surface area contributed by atoms with Crippen molar-refractivity contribution in [1.29, 1.82) is 0 Å². The summed E-state index contributed by atoms with van der Waals surface area (Å²) in [5.41, 5.74) is 1.22. The van der Waals surface area contributed by atoms with Gasteiger partial charge in [-0.25, -0.2) is 4.98 Å². The van der Waals surface area contributed by atoms with Gasteiger partial charge in [0.15, 0.2) is 0 Å². The Morgan fingerprint density at radius 1 is 1.44 bits per heavy atom. The van der Waals surface area contributed by atoms with Crippen molar-refractivity contribution in [2.45, 2.75) is 45.2 Å². The van der Waals surface area contributed by atoms with E-state index in [0.29, 0.717) is 6.04 Å². The van der Waals surface area contributed by atoms with Crippen LogP contribution in [0.1, 0.15) is 36.4 Å². The van der Waals surface area contributed by atoms with Gasteiger partial charge in [-0.2, -0.15) is 0 Å². The Labute approximate surface area is 115 Å². The molecule has 1 aliphatic carbocycles. The summed E-state index contributed by atoms with van der Waals surface area (Å²) in [6.45, 7) is 4.24. The highest BCUT2D eigenvalue weighted by atomic mass is 32.1. The molecular weight excluding hydrogens is 242 g/mol. The fourth-order valence-corrected chi connectivity index (χ4v) is 3.63. The third kappa shape index (κ3) is 3.77. The van der Waals surface area contributed by atoms with Crippen LogP contribution in [-0.2, 0) is 6.54 Å². The molecule has 0 bridgehead atoms. The lowest BCUT2D eigenvalue weighted by Crippen LogP contribution is -2.41. The largest absolute Gasteiger partial charge is 0.317 e. The van der Waals surface area contributed by atoms with E-state index in [-0.39, 0.29) is 0 Å². The highest BCUT2D eigenvalue weighted by Crippen LogP contribution is 2.25. The lowest BCUT2D eigenvalue weighted by Gasteiger charge is -2.34. The zero-order valence-corrected chi connectivity index (χ0v) is 12.6. The number of hydrogen-bond donors (Lipinski definition) is 1. The standard InChI is InChI=1S/C14H25N3S/c1-11-16-13(10-18-11)9-17(3)8-12-6-4-5-7-14(12)15-2/h10,12,14-15H,4-9H2,1-3H3. The Morgan fingerprint density at radius 2 is 2.22 bits per heavy atom. The molecule has 0 radical (unpaired) electrons. The molecule has 0 amide bonds. The van der Waals surface area contributed by atoms with Crippen LogP contribution in [0.15, 0.2) is 5.38 Å². The molecule has 0 spiro atoms. The van der Waals surface area contributed by atoms with Crippen LogP contribution in [0.4, 0.5) is 0 Å². The zero-order valence-electron chi connectivity index (χ0n) is 11.8. The molecule has 2 atom stereocenters. The minimum absolute atomic E-state index is 0.707. The average molecular weight is 267 g/mol. The van der Waals surface area contributed by atoms with Crippen LogP contribution in [0.5, 0.6) is 0 Å². The van der Waals surface area contributed by atoms with E-state index in [0.717, 1.165) is 12.5 Å². The summed E-state index contributed by atoms with van der Waals surface area (Å²) in [6.07, 6.45) is 5.49. The van der Waals surface area contributed by atoms with Gasteiger partial charge in [0.25, 0.3) is 0 Å². The molecular formula is C14H25N3S. The van der Waals surface area contributed by atoms with Crippen molar-refractivity contribution in [3.8, 4) is 0 Å². The van der Waals surface area contributed by atoms with E-state index < -0.39 is 0 Å². The number of nitrogens with one attached hydrogen (secondary N) is 1. The molecule has 1 fully saturated rings. The third-order valence-corrected chi connectivity index (χ3v) is 4.75. The normalized spacial score (nSPS) is 24.7. The summed E-state index contributed by atoms with van der Waals surface area (Å²) < 4.78 is 0. The summed E-state index contributed by atoms with van der Waals surface area (Å²) >= 11 is 1.75. The summed E-state index contributed by atoms with van der Waals surface area (Å²) in [5, 5.41) is 6.84. The maximum Gasteiger partial charge on any atom is 0.0897 e. The maximum absolute atomic E-state index is 4.54. The second kappa shape index (κ2) is 6.64. The Hall–Kier alpha value is -0.450. The molecule has 0 aliphatic heterocycles. The Balaban J connectivity index is 1.84. The predicted octanol–water partition coefficient (Wildman–Crippen LogP) is 2.66. The Bertz CT molecular complexity index is 364. The van der Waals surface area contributed by atoms with Crippen molar-refractivity contribution >= 4 is 11.3 Å². The van der Waals surface area contributed by atoms with Crippen molar-refractivity contribution in [3.05, 3.63) is 16.1 Å². The van der Waals surface area contributed by atoms with E-state index in [1.165, 1.54) is 42.9 Å². The highest BCUT2D eigenvalue weighted by Gasteiger charge is 2.24. The topological polar surface area (TPSA) is 28.2 Å². The first-order valence-electron chi connectivity index (χ1n) is 6.96. The van der Waals surface area contributed by atoms with Crippen LogP contribution in [0, 0.1) is 12.8 Å². The number of aryl methyl sites for hydroxylation is 1. The molecule has 0 aromatic carbocycles. The molecule has 4 heteroatoms. The van der Waals surface area contributed by atoms with Crippen molar-refractivity contribution in [2.24, 2.45) is 5.92 Å². The van der Waals surface area contributed by atoms with Crippen molar-refractivity contribution < 1.29 is 0 Å². The average Bonchev–Trinajstić information content (AvgIpc) is 2.75. The molecule has 1 heterocycles. The van der Waals surface area contributed by atoms with Crippen LogP contribution in [0.2, 0.25) is 0 Å². The van der Waals surface area contributed by atoms with Gasteiger partial charge in [0, 0.05) is 24.5 Å². The van der Waals surface area contributed by atoms with Crippen LogP contribution in [0.3, 0.4) is 0 Å². The second-order valence-electron chi connectivity index (χ2n) is 5.49. The molecule has 1 N–H and O–H groups in total. The molecule has 0 saturated heterocycles. The van der Waals surface area contributed by atoms with Crippen molar-refractivity contribution in [3.63, 3.8) is 0 Å². The van der Waals surface area contributed by atoms with Gasteiger partial charge in [-0.1, -0.05) is 12.8 Å². The molecule has 3 nitrogen and oxygen atoms in total.